The lowest BCUT2D eigenvalue weighted by atomic mass is 9.93. The van der Waals surface area contributed by atoms with Gasteiger partial charge in [-0.2, -0.15) is 0 Å². The van der Waals surface area contributed by atoms with E-state index in [1.54, 1.807) is 0 Å². The van der Waals surface area contributed by atoms with Crippen molar-refractivity contribution in [3.63, 3.8) is 0 Å². The maximum atomic E-state index is 6.61. The highest BCUT2D eigenvalue weighted by atomic mass is 16.3. The Bertz CT molecular complexity index is 2400. The van der Waals surface area contributed by atoms with E-state index in [-0.39, 0.29) is 0 Å². The molecule has 1 aromatic heterocycles. The van der Waals surface area contributed by atoms with Crippen LogP contribution in [0.25, 0.3) is 65.4 Å². The van der Waals surface area contributed by atoms with Crippen LogP contribution < -0.4 is 4.90 Å². The van der Waals surface area contributed by atoms with E-state index in [1.165, 1.54) is 43.4 Å². The molecule has 9 rings (SSSR count). The lowest BCUT2D eigenvalue weighted by Gasteiger charge is -2.28. The normalized spacial score (nSPS) is 11.8. The minimum Gasteiger partial charge on any atom is -0.454 e. The topological polar surface area (TPSA) is 16.4 Å². The van der Waals surface area contributed by atoms with Crippen LogP contribution in [0.3, 0.4) is 0 Å². The second-order valence-electron chi connectivity index (χ2n) is 10.9. The molecule has 0 aliphatic rings. The molecule has 2 heteroatoms. The number of benzene rings is 8. The van der Waals surface area contributed by atoms with Gasteiger partial charge in [0, 0.05) is 21.8 Å². The van der Waals surface area contributed by atoms with E-state index < -0.39 is 0 Å². The van der Waals surface area contributed by atoms with Gasteiger partial charge in [0.25, 0.3) is 0 Å². The molecule has 0 amide bonds. The van der Waals surface area contributed by atoms with Gasteiger partial charge >= 0.3 is 0 Å². The molecular formula is C40H25NO. The van der Waals surface area contributed by atoms with Crippen molar-refractivity contribution in [2.45, 2.75) is 0 Å². The second-order valence-corrected chi connectivity index (χ2v) is 10.9. The Labute approximate surface area is 243 Å². The van der Waals surface area contributed by atoms with Crippen LogP contribution >= 0.6 is 0 Å². The number of hydrogen-bond donors (Lipinski definition) is 0. The van der Waals surface area contributed by atoms with Crippen molar-refractivity contribution in [2.75, 3.05) is 4.90 Å². The Morgan fingerprint density at radius 3 is 1.95 bits per heavy atom. The molecule has 1 heterocycles. The summed E-state index contributed by atoms with van der Waals surface area (Å²) in [5.74, 6) is 0. The molecule has 0 unspecified atom stereocenters. The van der Waals surface area contributed by atoms with Crippen molar-refractivity contribution >= 4 is 71.3 Å². The number of furan rings is 1. The number of rotatable bonds is 4. The Kier molecular flexibility index (Phi) is 4.93. The zero-order valence-corrected chi connectivity index (χ0v) is 22.8. The summed E-state index contributed by atoms with van der Waals surface area (Å²) in [5.41, 5.74) is 7.37. The van der Waals surface area contributed by atoms with Gasteiger partial charge in [-0.15, -0.1) is 0 Å². The first-order valence-electron chi connectivity index (χ1n) is 14.4. The summed E-state index contributed by atoms with van der Waals surface area (Å²) in [5, 5.41) is 9.85. The van der Waals surface area contributed by atoms with Crippen molar-refractivity contribution < 1.29 is 4.42 Å². The monoisotopic (exact) mass is 535 g/mol. The van der Waals surface area contributed by atoms with Gasteiger partial charge in [0.2, 0.25) is 0 Å². The van der Waals surface area contributed by atoms with Crippen LogP contribution in [0.4, 0.5) is 17.1 Å². The number of fused-ring (bicyclic) bond motifs is 3. The Morgan fingerprint density at radius 2 is 1.07 bits per heavy atom. The molecule has 0 aliphatic carbocycles. The first-order valence-corrected chi connectivity index (χ1v) is 14.4. The largest absolute Gasteiger partial charge is 0.454 e. The van der Waals surface area contributed by atoms with Gasteiger partial charge in [-0.25, -0.2) is 0 Å². The fourth-order valence-electron chi connectivity index (χ4n) is 6.69. The molecule has 0 bridgehead atoms. The molecule has 0 radical (unpaired) electrons. The summed E-state index contributed by atoms with van der Waals surface area (Å²) in [4.78, 5) is 2.38. The van der Waals surface area contributed by atoms with E-state index in [0.29, 0.717) is 0 Å². The third kappa shape index (κ3) is 3.39. The second kappa shape index (κ2) is 8.95. The van der Waals surface area contributed by atoms with Crippen molar-refractivity contribution in [3.05, 3.63) is 152 Å². The van der Waals surface area contributed by atoms with Gasteiger partial charge in [0.1, 0.15) is 5.58 Å². The molecule has 42 heavy (non-hydrogen) atoms. The molecule has 0 aliphatic heterocycles. The van der Waals surface area contributed by atoms with Crippen LogP contribution in [0, 0.1) is 0 Å². The van der Waals surface area contributed by atoms with Crippen molar-refractivity contribution in [3.8, 4) is 11.1 Å². The maximum Gasteiger partial charge on any atom is 0.159 e. The molecular weight excluding hydrogens is 510 g/mol. The lowest BCUT2D eigenvalue weighted by Crippen LogP contribution is -2.11. The zero-order chi connectivity index (χ0) is 27.6. The molecule has 8 aromatic carbocycles. The average Bonchev–Trinajstić information content (AvgIpc) is 3.44. The van der Waals surface area contributed by atoms with Crippen molar-refractivity contribution in [1.82, 2.24) is 0 Å². The smallest absolute Gasteiger partial charge is 0.159 e. The van der Waals surface area contributed by atoms with Crippen LogP contribution in [0.15, 0.2) is 156 Å². The van der Waals surface area contributed by atoms with Crippen LogP contribution in [-0.2, 0) is 0 Å². The highest BCUT2D eigenvalue weighted by molar-refractivity contribution is 6.26. The predicted octanol–water partition coefficient (Wildman–Crippen LogP) is 11.6. The predicted molar refractivity (Wildman–Crippen MR) is 178 cm³/mol. The minimum atomic E-state index is 0.884. The Morgan fingerprint density at radius 1 is 0.405 bits per heavy atom. The SMILES string of the molecule is c1ccc(-c2cccc(N(c3ccc4ccc5cccc6ccc3c4c56)c3cccc4c3oc3ccccc34)c2)cc1. The minimum absolute atomic E-state index is 0.884. The maximum absolute atomic E-state index is 6.61. The van der Waals surface area contributed by atoms with Gasteiger partial charge < -0.3 is 9.32 Å². The van der Waals surface area contributed by atoms with Gasteiger partial charge in [-0.1, -0.05) is 121 Å². The van der Waals surface area contributed by atoms with Crippen molar-refractivity contribution in [1.29, 1.82) is 0 Å². The molecule has 9 aromatic rings. The Balaban J connectivity index is 1.38. The summed E-state index contributed by atoms with van der Waals surface area (Å²) >= 11 is 0. The zero-order valence-electron chi connectivity index (χ0n) is 22.8. The van der Waals surface area contributed by atoms with E-state index in [2.05, 4.69) is 150 Å². The third-order valence-electron chi connectivity index (χ3n) is 8.58. The van der Waals surface area contributed by atoms with E-state index in [1.807, 2.05) is 6.07 Å². The molecule has 0 fully saturated rings. The van der Waals surface area contributed by atoms with Gasteiger partial charge in [0.05, 0.1) is 11.4 Å². The molecule has 0 saturated carbocycles. The first-order chi connectivity index (χ1) is 20.8. The summed E-state index contributed by atoms with van der Waals surface area (Å²) in [7, 11) is 0. The number of hydrogen-bond acceptors (Lipinski definition) is 2. The molecule has 0 N–H and O–H groups in total. The molecule has 196 valence electrons. The summed E-state index contributed by atoms with van der Waals surface area (Å²) in [6.07, 6.45) is 0. The van der Waals surface area contributed by atoms with Crippen LogP contribution in [0.2, 0.25) is 0 Å². The highest BCUT2D eigenvalue weighted by Crippen LogP contribution is 2.47. The first kappa shape index (κ1) is 23.1. The lowest BCUT2D eigenvalue weighted by molar-refractivity contribution is 0.669. The number of para-hydroxylation sites is 2. The summed E-state index contributed by atoms with van der Waals surface area (Å²) in [6.45, 7) is 0. The van der Waals surface area contributed by atoms with E-state index in [4.69, 9.17) is 4.42 Å². The van der Waals surface area contributed by atoms with E-state index in [0.717, 1.165) is 39.0 Å². The highest BCUT2D eigenvalue weighted by Gasteiger charge is 2.22. The Hall–Kier alpha value is -5.60. The summed E-state index contributed by atoms with van der Waals surface area (Å²) < 4.78 is 6.61. The molecule has 0 atom stereocenters. The number of anilines is 3. The third-order valence-corrected chi connectivity index (χ3v) is 8.58. The quantitative estimate of drug-likeness (QED) is 0.208. The van der Waals surface area contributed by atoms with Crippen molar-refractivity contribution in [2.24, 2.45) is 0 Å². The van der Waals surface area contributed by atoms with E-state index in [9.17, 15) is 0 Å². The van der Waals surface area contributed by atoms with Gasteiger partial charge in [-0.3, -0.25) is 0 Å². The molecule has 0 spiro atoms. The van der Waals surface area contributed by atoms with Crippen LogP contribution in [0.5, 0.6) is 0 Å². The summed E-state index contributed by atoms with van der Waals surface area (Å²) in [6, 6.07) is 54.3. The van der Waals surface area contributed by atoms with Gasteiger partial charge in [-0.05, 0) is 68.4 Å². The molecule has 2 nitrogen and oxygen atoms in total. The van der Waals surface area contributed by atoms with Gasteiger partial charge in [0.15, 0.2) is 5.58 Å². The average molecular weight is 536 g/mol. The fourth-order valence-corrected chi connectivity index (χ4v) is 6.69. The van der Waals surface area contributed by atoms with Crippen LogP contribution in [0.1, 0.15) is 0 Å². The molecule has 0 saturated heterocycles. The number of nitrogens with zero attached hydrogens (tertiary/aromatic N) is 1. The van der Waals surface area contributed by atoms with E-state index >= 15 is 0 Å². The van der Waals surface area contributed by atoms with Crippen LogP contribution in [-0.4, -0.2) is 0 Å². The fraction of sp³-hybridized carbons (Fsp3) is 0. The standard InChI is InChI=1S/C40H25NO/c1-2-9-26(10-3-1)30-13-7-14-31(25-30)41(36-17-8-16-33-32-15-4-5-18-37(32)42-40(33)36)35-24-22-29-20-19-27-11-6-12-28-21-23-34(35)39(29)38(27)28/h1-25H.